The lowest BCUT2D eigenvalue weighted by Gasteiger charge is -2.18. The van der Waals surface area contributed by atoms with Crippen molar-refractivity contribution in [2.75, 3.05) is 35.8 Å². The van der Waals surface area contributed by atoms with Gasteiger partial charge in [-0.15, -0.1) is 20.4 Å². The van der Waals surface area contributed by atoms with Crippen LogP contribution in [0.15, 0.2) is 184 Å². The number of para-hydroxylation sites is 3. The number of sulfonamides is 1. The molecule has 3 aliphatic rings. The number of hydrogen-bond acceptors (Lipinski definition) is 19. The van der Waals surface area contributed by atoms with Gasteiger partial charge in [-0.05, 0) is 128 Å². The Morgan fingerprint density at radius 3 is 1.42 bits per heavy atom. The van der Waals surface area contributed by atoms with Gasteiger partial charge in [-0.3, -0.25) is 20.4 Å². The third-order valence-corrected chi connectivity index (χ3v) is 15.6. The van der Waals surface area contributed by atoms with Gasteiger partial charge in [0.2, 0.25) is 23.6 Å². The Morgan fingerprint density at radius 1 is 0.510 bits per heavy atom. The average molecular weight is 1360 g/mol. The van der Waals surface area contributed by atoms with E-state index in [2.05, 4.69) is 62.6 Å². The Hall–Kier alpha value is -11.7. The van der Waals surface area contributed by atoms with Crippen LogP contribution in [0.2, 0.25) is 0 Å². The number of anilines is 6. The van der Waals surface area contributed by atoms with Crippen molar-refractivity contribution in [2.45, 2.75) is 55.9 Å². The molecule has 0 spiro atoms. The van der Waals surface area contributed by atoms with Gasteiger partial charge in [0.1, 0.15) is 31.9 Å². The highest BCUT2D eigenvalue weighted by molar-refractivity contribution is 7.89. The highest BCUT2D eigenvalue weighted by Gasteiger charge is 2.46. The molecule has 96 heavy (non-hydrogen) atoms. The topological polar surface area (TPSA) is 312 Å². The largest absolute Gasteiger partial charge is 0.447 e. The number of aryl methyl sites for hydroxylation is 1. The van der Waals surface area contributed by atoms with Crippen molar-refractivity contribution in [3.05, 3.63) is 209 Å². The van der Waals surface area contributed by atoms with E-state index in [1.54, 1.807) is 85.8 Å². The van der Waals surface area contributed by atoms with Crippen LogP contribution in [0.4, 0.5) is 88.0 Å². The number of halogens is 9. The summed E-state index contributed by atoms with van der Waals surface area (Å²) in [6, 6.07) is 36.7. The summed E-state index contributed by atoms with van der Waals surface area (Å²) in [5.41, 5.74) is 6.57. The van der Waals surface area contributed by atoms with Crippen molar-refractivity contribution < 1.29 is 94.9 Å². The van der Waals surface area contributed by atoms with Gasteiger partial charge in [0.15, 0.2) is 6.04 Å². The third kappa shape index (κ3) is 16.5. The molecule has 0 aliphatic carbocycles. The van der Waals surface area contributed by atoms with E-state index < -0.39 is 93.5 Å². The summed E-state index contributed by atoms with van der Waals surface area (Å²) in [6.07, 6.45) is -15.7. The summed E-state index contributed by atoms with van der Waals surface area (Å²) in [5, 5.41) is 29.6. The highest BCUT2D eigenvalue weighted by Crippen LogP contribution is 2.39. The maximum atomic E-state index is 13.2. The van der Waals surface area contributed by atoms with Gasteiger partial charge in [0, 0.05) is 17.1 Å². The van der Waals surface area contributed by atoms with Crippen LogP contribution < -0.4 is 37.4 Å². The molecule has 12 rings (SSSR count). The van der Waals surface area contributed by atoms with E-state index in [1.165, 1.54) is 54.6 Å². The second kappa shape index (κ2) is 28.7. The van der Waals surface area contributed by atoms with E-state index in [-0.39, 0.29) is 61.3 Å². The minimum Gasteiger partial charge on any atom is -0.447 e. The van der Waals surface area contributed by atoms with Crippen LogP contribution in [0.5, 0.6) is 0 Å². The number of alkyl halides is 9. The molecule has 3 fully saturated rings. The SMILES string of the molecule is C.Cc1ccc(S(=O)(=O)N2C(=O)OCC2c2nnc(-c3ccccc3Nc3ccc(C(F)(F)F)cc3)o2)cc1.O=C1NC(C(=O)NNC(=O)c2ccccc2Nc2ccc(C(F)(F)F)cc2)CO1.O=C1NC(c2nnc(-c3ccccc3Nc3ccc(C(F)(F)F)cc3)o2)CO1. The molecule has 3 unspecified atom stereocenters. The van der Waals surface area contributed by atoms with Gasteiger partial charge in [-0.1, -0.05) is 61.5 Å². The van der Waals surface area contributed by atoms with E-state index >= 15 is 0 Å². The molecule has 9 aromatic rings. The maximum Gasteiger partial charge on any atom is 0.424 e. The number of carbonyl (C=O) groups excluding carboxylic acids is 5. The quantitative estimate of drug-likeness (QED) is 0.0302. The molecule has 2 aromatic heterocycles. The van der Waals surface area contributed by atoms with Gasteiger partial charge in [0.05, 0.1) is 55.3 Å². The van der Waals surface area contributed by atoms with E-state index in [4.69, 9.17) is 18.3 Å². The molecular formula is C62H51F9N12O12S. The molecule has 5 heterocycles. The van der Waals surface area contributed by atoms with Gasteiger partial charge in [-0.25, -0.2) is 22.8 Å². The van der Waals surface area contributed by atoms with E-state index in [1.807, 2.05) is 0 Å². The van der Waals surface area contributed by atoms with E-state index in [0.29, 0.717) is 49.6 Å². The van der Waals surface area contributed by atoms with Crippen LogP contribution in [0.1, 0.15) is 63.9 Å². The molecule has 7 N–H and O–H groups in total. The molecule has 500 valence electrons. The van der Waals surface area contributed by atoms with Crippen LogP contribution >= 0.6 is 0 Å². The van der Waals surface area contributed by atoms with E-state index in [9.17, 15) is 71.9 Å². The summed E-state index contributed by atoms with van der Waals surface area (Å²) in [5.74, 6) is -1.10. The number of amides is 5. The van der Waals surface area contributed by atoms with Gasteiger partial charge < -0.3 is 49.6 Å². The second-order valence-electron chi connectivity index (χ2n) is 20.4. The lowest BCUT2D eigenvalue weighted by atomic mass is 10.1. The number of aromatic nitrogens is 4. The summed E-state index contributed by atoms with van der Waals surface area (Å²) >= 11 is 0. The number of hydrogen-bond donors (Lipinski definition) is 7. The van der Waals surface area contributed by atoms with Crippen LogP contribution in [-0.4, -0.2) is 89.1 Å². The number of cyclic esters (lactones) is 3. The van der Waals surface area contributed by atoms with Crippen molar-refractivity contribution in [1.82, 2.24) is 46.2 Å². The number of nitrogens with one attached hydrogen (secondary N) is 7. The molecule has 34 heteroatoms. The van der Waals surface area contributed by atoms with E-state index in [0.717, 1.165) is 42.0 Å². The zero-order chi connectivity index (χ0) is 67.8. The zero-order valence-corrected chi connectivity index (χ0v) is 49.3. The molecular weight excluding hydrogens is 1310 g/mol. The molecule has 3 saturated heterocycles. The Kier molecular flexibility index (Phi) is 20.5. The summed E-state index contributed by atoms with van der Waals surface area (Å²) in [7, 11) is -4.28. The zero-order valence-electron chi connectivity index (χ0n) is 48.5. The lowest BCUT2D eigenvalue weighted by molar-refractivity contribution is -0.138. The molecule has 0 radical (unpaired) electrons. The van der Waals surface area contributed by atoms with Crippen molar-refractivity contribution in [2.24, 2.45) is 0 Å². The Morgan fingerprint density at radius 2 is 0.948 bits per heavy atom. The monoisotopic (exact) mass is 1360 g/mol. The summed E-state index contributed by atoms with van der Waals surface area (Å²) in [4.78, 5) is 58.7. The van der Waals surface area contributed by atoms with Gasteiger partial charge >= 0.3 is 36.8 Å². The minimum absolute atomic E-state index is 0. The standard InChI is InChI=1S/C25H19F3N4O5S.C18H15F3N4O4.C18H13F3N4O3.CH4/c1-15-6-12-18(13-7-15)38(34,35)32-21(14-36-24(32)33)23-31-30-22(37-23)19-4-2-3-5-20(19)29-17-10-8-16(9-11-17)25(26,27)28;19-18(20,21)10-5-7-11(8-6-10)22-13-4-2-1-3-12(13)15(26)24-25-16(27)14-9-29-17(28)23-14;19-18(20,21)10-5-7-11(8-6-10)22-13-4-2-1-3-12(13)15-24-25-16(28-15)14-9-27-17(26)23-14;/h2-13,21,29H,14H2,1H3;1-8,14,22H,9H2,(H,23,28)(H,24,26)(H,25,27);1-8,14,22H,9H2,(H,23,26);1H4. The Bertz CT molecular complexity index is 4390. The van der Waals surface area contributed by atoms with Crippen LogP contribution in [0.25, 0.3) is 22.9 Å². The van der Waals surface area contributed by atoms with Crippen molar-refractivity contribution in [3.63, 3.8) is 0 Å². The van der Waals surface area contributed by atoms with Gasteiger partial charge in [0.25, 0.3) is 21.8 Å². The predicted molar refractivity (Wildman–Crippen MR) is 322 cm³/mol. The average Bonchev–Trinajstić information content (AvgIpc) is 1.60. The molecule has 0 saturated carbocycles. The first-order valence-electron chi connectivity index (χ1n) is 27.7. The third-order valence-electron chi connectivity index (χ3n) is 13.8. The van der Waals surface area contributed by atoms with Crippen LogP contribution in [0, 0.1) is 6.92 Å². The maximum absolute atomic E-state index is 13.2. The van der Waals surface area contributed by atoms with Crippen LogP contribution in [0.3, 0.4) is 0 Å². The number of ether oxygens (including phenoxy) is 3. The number of nitrogens with zero attached hydrogens (tertiary/aromatic N) is 5. The Balaban J connectivity index is 0.000000171. The first-order valence-corrected chi connectivity index (χ1v) is 29.1. The smallest absolute Gasteiger partial charge is 0.424 e. The fourth-order valence-corrected chi connectivity index (χ4v) is 10.4. The predicted octanol–water partition coefficient (Wildman–Crippen LogP) is 12.9. The lowest BCUT2D eigenvalue weighted by Crippen LogP contribution is -2.50. The first kappa shape index (κ1) is 68.7. The molecule has 3 aliphatic heterocycles. The number of benzene rings is 7. The molecule has 0 bridgehead atoms. The molecule has 24 nitrogen and oxygen atoms in total. The first-order chi connectivity index (χ1) is 45.2. The number of hydrazine groups is 1. The fourth-order valence-electron chi connectivity index (χ4n) is 8.99. The molecule has 7 aromatic carbocycles. The summed E-state index contributed by atoms with van der Waals surface area (Å²) < 4.78 is 168. The Labute approximate surface area is 537 Å². The fraction of sp³-hybridized carbons (Fsp3) is 0.177. The van der Waals surface area contributed by atoms with Crippen molar-refractivity contribution in [1.29, 1.82) is 0 Å². The molecule has 5 amide bonds. The number of rotatable bonds is 14. The normalized spacial score (nSPS) is 15.9. The minimum atomic E-state index is -4.46. The van der Waals surface area contributed by atoms with Crippen molar-refractivity contribution >= 4 is 74.2 Å². The van der Waals surface area contributed by atoms with Gasteiger partial charge in [-0.2, -0.15) is 43.8 Å². The second-order valence-corrected chi connectivity index (χ2v) is 22.2. The number of alkyl carbamates (subject to hydrolysis) is 2. The van der Waals surface area contributed by atoms with Crippen molar-refractivity contribution in [3.8, 4) is 22.9 Å². The molecule has 3 atom stereocenters. The number of carbonyl (C=O) groups is 5. The summed E-state index contributed by atoms with van der Waals surface area (Å²) in [6.45, 7) is 1.41. The highest BCUT2D eigenvalue weighted by atomic mass is 32.2. The van der Waals surface area contributed by atoms with Crippen LogP contribution in [-0.2, 0) is 47.6 Å².